The van der Waals surface area contributed by atoms with Crippen molar-refractivity contribution in [3.8, 4) is 0 Å². The van der Waals surface area contributed by atoms with Crippen LogP contribution in [0.25, 0.3) is 0 Å². The van der Waals surface area contributed by atoms with Crippen LogP contribution in [0.2, 0.25) is 10.0 Å². The Kier molecular flexibility index (Phi) is 11.3. The van der Waals surface area contributed by atoms with Gasteiger partial charge in [0.25, 0.3) is 0 Å². The summed E-state index contributed by atoms with van der Waals surface area (Å²) in [7, 11) is 0. The van der Waals surface area contributed by atoms with Gasteiger partial charge in [0.15, 0.2) is 0 Å². The number of esters is 2. The van der Waals surface area contributed by atoms with E-state index in [1.54, 1.807) is 18.2 Å². The lowest BCUT2D eigenvalue weighted by Gasteiger charge is -2.06. The van der Waals surface area contributed by atoms with Crippen molar-refractivity contribution in [2.24, 2.45) is 0 Å². The van der Waals surface area contributed by atoms with Gasteiger partial charge in [-0.3, -0.25) is 9.59 Å². The number of hydrogen-bond acceptors (Lipinski definition) is 4. The number of hydrogen-bond donors (Lipinski definition) is 0. The average molecular weight is 389 g/mol. The Morgan fingerprint density at radius 3 is 2.04 bits per heavy atom. The Labute approximate surface area is 159 Å². The summed E-state index contributed by atoms with van der Waals surface area (Å²) in [6.07, 6.45) is 6.06. The van der Waals surface area contributed by atoms with E-state index < -0.39 is 0 Å². The first-order chi connectivity index (χ1) is 12.0. The van der Waals surface area contributed by atoms with Crippen molar-refractivity contribution in [2.75, 3.05) is 6.61 Å². The SMILES string of the molecule is CCCCCOC(=O)CCCCCC(=O)OCc1cc(Cl)cc(Cl)c1. The normalized spacial score (nSPS) is 10.5. The molecule has 0 amide bonds. The molecule has 0 unspecified atom stereocenters. The van der Waals surface area contributed by atoms with Crippen LogP contribution in [-0.2, 0) is 25.7 Å². The molecule has 0 spiro atoms. The van der Waals surface area contributed by atoms with E-state index in [0.29, 0.717) is 35.9 Å². The molecule has 4 nitrogen and oxygen atoms in total. The minimum Gasteiger partial charge on any atom is -0.466 e. The van der Waals surface area contributed by atoms with Crippen LogP contribution in [0, 0.1) is 0 Å². The first-order valence-corrected chi connectivity index (χ1v) is 9.53. The number of ether oxygens (including phenoxy) is 2. The van der Waals surface area contributed by atoms with Gasteiger partial charge in [-0.15, -0.1) is 0 Å². The van der Waals surface area contributed by atoms with Crippen LogP contribution in [0.15, 0.2) is 18.2 Å². The lowest BCUT2D eigenvalue weighted by Crippen LogP contribution is -2.06. The van der Waals surface area contributed by atoms with Crippen LogP contribution in [0.5, 0.6) is 0 Å². The van der Waals surface area contributed by atoms with Gasteiger partial charge in [0, 0.05) is 22.9 Å². The van der Waals surface area contributed by atoms with Crippen LogP contribution in [0.3, 0.4) is 0 Å². The van der Waals surface area contributed by atoms with Gasteiger partial charge in [-0.2, -0.15) is 0 Å². The second-order valence-corrected chi connectivity index (χ2v) is 6.80. The van der Waals surface area contributed by atoms with E-state index in [9.17, 15) is 9.59 Å². The Hall–Kier alpha value is -1.26. The highest BCUT2D eigenvalue weighted by Crippen LogP contribution is 2.19. The van der Waals surface area contributed by atoms with Crippen molar-refractivity contribution in [3.05, 3.63) is 33.8 Å². The van der Waals surface area contributed by atoms with Crippen LogP contribution in [-0.4, -0.2) is 18.5 Å². The van der Waals surface area contributed by atoms with E-state index in [1.165, 1.54) is 0 Å². The Bertz CT molecular complexity index is 526. The maximum Gasteiger partial charge on any atom is 0.306 e. The highest BCUT2D eigenvalue weighted by Gasteiger charge is 2.06. The van der Waals surface area contributed by atoms with E-state index in [1.807, 2.05) is 0 Å². The summed E-state index contributed by atoms with van der Waals surface area (Å²) >= 11 is 11.8. The van der Waals surface area contributed by atoms with Crippen LogP contribution in [0.4, 0.5) is 0 Å². The van der Waals surface area contributed by atoms with Gasteiger partial charge in [-0.1, -0.05) is 49.4 Å². The Morgan fingerprint density at radius 1 is 0.840 bits per heavy atom. The first-order valence-electron chi connectivity index (χ1n) is 8.77. The number of benzene rings is 1. The number of unbranched alkanes of at least 4 members (excludes halogenated alkanes) is 4. The minimum absolute atomic E-state index is 0.156. The summed E-state index contributed by atoms with van der Waals surface area (Å²) in [6, 6.07) is 5.06. The van der Waals surface area contributed by atoms with Gasteiger partial charge in [-0.05, 0) is 43.0 Å². The topological polar surface area (TPSA) is 52.6 Å². The molecule has 0 radical (unpaired) electrons. The summed E-state index contributed by atoms with van der Waals surface area (Å²) in [5.41, 5.74) is 0.761. The van der Waals surface area contributed by atoms with Gasteiger partial charge in [0.1, 0.15) is 6.61 Å². The van der Waals surface area contributed by atoms with Gasteiger partial charge < -0.3 is 9.47 Å². The minimum atomic E-state index is -0.266. The maximum absolute atomic E-state index is 11.7. The van der Waals surface area contributed by atoms with Crippen molar-refractivity contribution < 1.29 is 19.1 Å². The van der Waals surface area contributed by atoms with Crippen LogP contribution >= 0.6 is 23.2 Å². The van der Waals surface area contributed by atoms with Crippen LogP contribution < -0.4 is 0 Å². The van der Waals surface area contributed by atoms with Gasteiger partial charge in [0.2, 0.25) is 0 Å². The highest BCUT2D eigenvalue weighted by molar-refractivity contribution is 6.34. The largest absolute Gasteiger partial charge is 0.466 e. The zero-order valence-corrected chi connectivity index (χ0v) is 16.2. The third-order valence-corrected chi connectivity index (χ3v) is 4.03. The Morgan fingerprint density at radius 2 is 1.44 bits per heavy atom. The number of carbonyl (C=O) groups is 2. The standard InChI is InChI=1S/C19H26Cl2O4/c1-2-3-7-10-24-18(22)8-5-4-6-9-19(23)25-14-15-11-16(20)13-17(21)12-15/h11-13H,2-10,14H2,1H3. The molecule has 25 heavy (non-hydrogen) atoms. The predicted molar refractivity (Wildman–Crippen MR) is 99.8 cm³/mol. The molecule has 1 aromatic rings. The fourth-order valence-corrected chi connectivity index (χ4v) is 2.83. The third kappa shape index (κ3) is 11.1. The van der Waals surface area contributed by atoms with Crippen LogP contribution in [0.1, 0.15) is 63.9 Å². The quantitative estimate of drug-likeness (QED) is 0.339. The molecular weight excluding hydrogens is 363 g/mol. The van der Waals surface area contributed by atoms with E-state index in [-0.39, 0.29) is 18.5 Å². The molecule has 0 bridgehead atoms. The van der Waals surface area contributed by atoms with Crippen molar-refractivity contribution in [3.63, 3.8) is 0 Å². The zero-order valence-electron chi connectivity index (χ0n) is 14.7. The van der Waals surface area contributed by atoms with Gasteiger partial charge >= 0.3 is 11.9 Å². The van der Waals surface area contributed by atoms with Crippen molar-refractivity contribution in [1.29, 1.82) is 0 Å². The summed E-state index contributed by atoms with van der Waals surface area (Å²) in [6.45, 7) is 2.77. The predicted octanol–water partition coefficient (Wildman–Crippen LogP) is 5.72. The fourth-order valence-electron chi connectivity index (χ4n) is 2.26. The molecule has 0 heterocycles. The monoisotopic (exact) mass is 388 g/mol. The Balaban J connectivity index is 2.06. The molecule has 0 aliphatic heterocycles. The van der Waals surface area contributed by atoms with E-state index in [2.05, 4.69) is 6.92 Å². The summed E-state index contributed by atoms with van der Waals surface area (Å²) in [4.78, 5) is 23.2. The molecule has 0 aliphatic rings. The van der Waals surface area contributed by atoms with E-state index in [0.717, 1.165) is 37.7 Å². The van der Waals surface area contributed by atoms with Gasteiger partial charge in [0.05, 0.1) is 6.61 Å². The summed E-state index contributed by atoms with van der Waals surface area (Å²) in [5, 5.41) is 1.03. The van der Waals surface area contributed by atoms with E-state index >= 15 is 0 Å². The zero-order chi connectivity index (χ0) is 18.5. The molecule has 0 N–H and O–H groups in total. The van der Waals surface area contributed by atoms with E-state index in [4.69, 9.17) is 32.7 Å². The van der Waals surface area contributed by atoms with Crippen molar-refractivity contribution in [1.82, 2.24) is 0 Å². The smallest absolute Gasteiger partial charge is 0.306 e. The molecule has 0 aliphatic carbocycles. The number of carbonyl (C=O) groups excluding carboxylic acids is 2. The first kappa shape index (κ1) is 21.8. The number of halogens is 2. The molecule has 0 saturated heterocycles. The van der Waals surface area contributed by atoms with Gasteiger partial charge in [-0.25, -0.2) is 0 Å². The summed E-state index contributed by atoms with van der Waals surface area (Å²) in [5.74, 6) is -0.422. The molecule has 0 atom stereocenters. The third-order valence-electron chi connectivity index (χ3n) is 3.59. The van der Waals surface area contributed by atoms with Crippen molar-refractivity contribution in [2.45, 2.75) is 64.9 Å². The lowest BCUT2D eigenvalue weighted by atomic mass is 10.1. The van der Waals surface area contributed by atoms with Crippen molar-refractivity contribution >= 4 is 35.1 Å². The molecule has 140 valence electrons. The molecule has 6 heteroatoms. The summed E-state index contributed by atoms with van der Waals surface area (Å²) < 4.78 is 10.3. The fraction of sp³-hybridized carbons (Fsp3) is 0.579. The molecule has 0 aromatic heterocycles. The number of rotatable bonds is 12. The average Bonchev–Trinajstić information content (AvgIpc) is 2.56. The molecule has 1 rings (SSSR count). The molecule has 0 saturated carbocycles. The molecular formula is C19H26Cl2O4. The second kappa shape index (κ2) is 13.0. The molecule has 1 aromatic carbocycles. The second-order valence-electron chi connectivity index (χ2n) is 5.93. The highest BCUT2D eigenvalue weighted by atomic mass is 35.5. The lowest BCUT2D eigenvalue weighted by molar-refractivity contribution is -0.145. The maximum atomic E-state index is 11.7. The molecule has 0 fully saturated rings.